The molecule has 1 N–H and O–H groups in total. The van der Waals surface area contributed by atoms with Crippen molar-refractivity contribution in [1.29, 1.82) is 0 Å². The Morgan fingerprint density at radius 2 is 1.30 bits per heavy atom. The zero-order chi connectivity index (χ0) is 16.5. The Hall–Kier alpha value is -1.64. The average molecular weight is 312 g/mol. The topological polar surface area (TPSA) is 20.2 Å². The summed E-state index contributed by atoms with van der Waals surface area (Å²) in [7, 11) is 0. The fraction of sp³-hybridized carbons (Fsp3) is 0.429. The minimum absolute atomic E-state index is 0.266. The molecule has 0 heterocycles. The van der Waals surface area contributed by atoms with Gasteiger partial charge in [-0.05, 0) is 24.0 Å². The van der Waals surface area contributed by atoms with Crippen molar-refractivity contribution in [3.8, 4) is 11.1 Å². The fourth-order valence-electron chi connectivity index (χ4n) is 3.55. The van der Waals surface area contributed by atoms with E-state index in [1.54, 1.807) is 0 Å². The maximum atomic E-state index is 9.51. The predicted molar refractivity (Wildman–Crippen MR) is 98.1 cm³/mol. The summed E-state index contributed by atoms with van der Waals surface area (Å²) in [6.45, 7) is 8.86. The first-order valence-electron chi connectivity index (χ1n) is 8.83. The van der Waals surface area contributed by atoms with E-state index >= 15 is 0 Å². The quantitative estimate of drug-likeness (QED) is 0.677. The summed E-state index contributed by atoms with van der Waals surface area (Å²) in [5, 5.41) is 9.51. The van der Waals surface area contributed by atoms with Crippen LogP contribution in [-0.4, -0.2) is 35.8 Å². The van der Waals surface area contributed by atoms with Gasteiger partial charge < -0.3 is 9.59 Å². The molecule has 0 saturated heterocycles. The molecule has 2 aromatic rings. The van der Waals surface area contributed by atoms with E-state index in [1.807, 2.05) is 6.07 Å². The smallest absolute Gasteiger partial charge is 0.104 e. The van der Waals surface area contributed by atoms with Crippen molar-refractivity contribution >= 4 is 0 Å². The van der Waals surface area contributed by atoms with Crippen LogP contribution in [-0.2, 0) is 6.54 Å². The maximum absolute atomic E-state index is 9.51. The van der Waals surface area contributed by atoms with Gasteiger partial charge in [0, 0.05) is 5.56 Å². The van der Waals surface area contributed by atoms with Crippen LogP contribution >= 0.6 is 0 Å². The second kappa shape index (κ2) is 8.85. The summed E-state index contributed by atoms with van der Waals surface area (Å²) in [4.78, 5) is 0. The highest BCUT2D eigenvalue weighted by Crippen LogP contribution is 2.22. The molecule has 23 heavy (non-hydrogen) atoms. The molecule has 0 bridgehead atoms. The van der Waals surface area contributed by atoms with Gasteiger partial charge in [-0.25, -0.2) is 0 Å². The lowest BCUT2D eigenvalue weighted by atomic mass is 10.0. The average Bonchev–Trinajstić information content (AvgIpc) is 2.57. The molecule has 0 aliphatic carbocycles. The van der Waals surface area contributed by atoms with E-state index in [1.165, 1.54) is 16.7 Å². The summed E-state index contributed by atoms with van der Waals surface area (Å²) < 4.78 is 0.994. The van der Waals surface area contributed by atoms with Crippen molar-refractivity contribution in [2.45, 2.75) is 33.2 Å². The number of aliphatic hydroxyl groups is 1. The zero-order valence-corrected chi connectivity index (χ0v) is 14.5. The van der Waals surface area contributed by atoms with E-state index in [0.29, 0.717) is 0 Å². The second-order valence-electron chi connectivity index (χ2n) is 6.46. The summed E-state index contributed by atoms with van der Waals surface area (Å²) in [6, 6.07) is 19.4. The largest absolute Gasteiger partial charge is 0.391 e. The van der Waals surface area contributed by atoms with Crippen LogP contribution in [0.5, 0.6) is 0 Å². The van der Waals surface area contributed by atoms with E-state index in [9.17, 15) is 5.11 Å². The number of aliphatic hydroxyl groups excluding tert-OH is 1. The van der Waals surface area contributed by atoms with Crippen molar-refractivity contribution in [2.24, 2.45) is 0 Å². The van der Waals surface area contributed by atoms with E-state index in [4.69, 9.17) is 0 Å². The lowest BCUT2D eigenvalue weighted by Gasteiger charge is -2.38. The highest BCUT2D eigenvalue weighted by molar-refractivity contribution is 5.63. The molecular formula is C21H30NO+. The van der Waals surface area contributed by atoms with Crippen molar-refractivity contribution in [2.75, 3.05) is 26.2 Å². The lowest BCUT2D eigenvalue weighted by molar-refractivity contribution is -0.941. The van der Waals surface area contributed by atoms with E-state index in [-0.39, 0.29) is 6.61 Å². The molecule has 2 rings (SSSR count). The van der Waals surface area contributed by atoms with Gasteiger partial charge in [0.15, 0.2) is 0 Å². The Morgan fingerprint density at radius 3 is 1.83 bits per heavy atom. The second-order valence-corrected chi connectivity index (χ2v) is 6.46. The molecule has 0 atom stereocenters. The SMILES string of the molecule is CCC[N+](CCC)(CCO)Cc1ccc(-c2ccccc2)cc1. The van der Waals surface area contributed by atoms with Crippen LogP contribution < -0.4 is 0 Å². The van der Waals surface area contributed by atoms with Gasteiger partial charge in [-0.1, -0.05) is 68.4 Å². The molecule has 0 aliphatic heterocycles. The first-order valence-corrected chi connectivity index (χ1v) is 8.83. The third-order valence-corrected chi connectivity index (χ3v) is 4.55. The van der Waals surface area contributed by atoms with Crippen LogP contribution in [0.2, 0.25) is 0 Å². The molecule has 0 aromatic heterocycles. The third-order valence-electron chi connectivity index (χ3n) is 4.55. The van der Waals surface area contributed by atoms with Crippen LogP contribution in [0.4, 0.5) is 0 Å². The number of hydrogen-bond acceptors (Lipinski definition) is 1. The predicted octanol–water partition coefficient (Wildman–Crippen LogP) is 4.48. The van der Waals surface area contributed by atoms with Crippen LogP contribution in [0.25, 0.3) is 11.1 Å². The molecule has 0 spiro atoms. The van der Waals surface area contributed by atoms with E-state index < -0.39 is 0 Å². The van der Waals surface area contributed by atoms with Crippen LogP contribution in [0.15, 0.2) is 54.6 Å². The summed E-state index contributed by atoms with van der Waals surface area (Å²) in [5.74, 6) is 0. The molecule has 124 valence electrons. The van der Waals surface area contributed by atoms with Crippen molar-refractivity contribution in [3.05, 3.63) is 60.2 Å². The summed E-state index contributed by atoms with van der Waals surface area (Å²) in [6.07, 6.45) is 2.31. The van der Waals surface area contributed by atoms with Gasteiger partial charge in [0.2, 0.25) is 0 Å². The third kappa shape index (κ3) is 4.92. The molecule has 2 heteroatoms. The van der Waals surface area contributed by atoms with Crippen molar-refractivity contribution in [3.63, 3.8) is 0 Å². The molecule has 0 fully saturated rings. The Labute approximate surface area is 141 Å². The van der Waals surface area contributed by atoms with E-state index in [0.717, 1.165) is 43.5 Å². The maximum Gasteiger partial charge on any atom is 0.104 e. The van der Waals surface area contributed by atoms with Gasteiger partial charge in [0.1, 0.15) is 13.1 Å². The van der Waals surface area contributed by atoms with E-state index in [2.05, 4.69) is 62.4 Å². The fourth-order valence-corrected chi connectivity index (χ4v) is 3.55. The van der Waals surface area contributed by atoms with Crippen molar-refractivity contribution < 1.29 is 9.59 Å². The van der Waals surface area contributed by atoms with Crippen molar-refractivity contribution in [1.82, 2.24) is 0 Å². The minimum atomic E-state index is 0.266. The standard InChI is InChI=1S/C21H30NO/c1-3-14-22(15-4-2,16-17-23)18-19-10-12-21(13-11-19)20-8-6-5-7-9-20/h5-13,23H,3-4,14-18H2,1-2H3/q+1. The highest BCUT2D eigenvalue weighted by Gasteiger charge is 2.25. The van der Waals surface area contributed by atoms with Gasteiger partial charge in [0.25, 0.3) is 0 Å². The number of nitrogens with zero attached hydrogens (tertiary/aromatic N) is 1. The molecule has 2 nitrogen and oxygen atoms in total. The lowest BCUT2D eigenvalue weighted by Crippen LogP contribution is -2.50. The zero-order valence-electron chi connectivity index (χ0n) is 14.5. The number of benzene rings is 2. The van der Waals surface area contributed by atoms with Gasteiger partial charge in [-0.3, -0.25) is 0 Å². The summed E-state index contributed by atoms with van der Waals surface area (Å²) in [5.41, 5.74) is 3.89. The van der Waals surface area contributed by atoms with Gasteiger partial charge in [-0.2, -0.15) is 0 Å². The van der Waals surface area contributed by atoms with Crippen LogP contribution in [0, 0.1) is 0 Å². The van der Waals surface area contributed by atoms with Gasteiger partial charge in [0.05, 0.1) is 19.7 Å². The monoisotopic (exact) mass is 312 g/mol. The molecule has 0 saturated carbocycles. The number of hydrogen-bond donors (Lipinski definition) is 1. The van der Waals surface area contributed by atoms with Crippen LogP contribution in [0.1, 0.15) is 32.3 Å². The molecule has 0 amide bonds. The van der Waals surface area contributed by atoms with Gasteiger partial charge in [-0.15, -0.1) is 0 Å². The Morgan fingerprint density at radius 1 is 0.739 bits per heavy atom. The van der Waals surface area contributed by atoms with Gasteiger partial charge >= 0.3 is 0 Å². The Balaban J connectivity index is 2.16. The Bertz CT molecular complexity index is 545. The molecule has 0 aliphatic rings. The van der Waals surface area contributed by atoms with Crippen LogP contribution in [0.3, 0.4) is 0 Å². The molecule has 2 aromatic carbocycles. The normalized spacial score (nSPS) is 11.6. The number of rotatable bonds is 9. The molecule has 0 unspecified atom stereocenters. The molecule has 0 radical (unpaired) electrons. The Kier molecular flexibility index (Phi) is 6.82. The highest BCUT2D eigenvalue weighted by atomic mass is 16.3. The first kappa shape index (κ1) is 17.7. The number of quaternary nitrogens is 1. The first-order chi connectivity index (χ1) is 11.2. The minimum Gasteiger partial charge on any atom is -0.391 e. The summed E-state index contributed by atoms with van der Waals surface area (Å²) >= 11 is 0. The molecular weight excluding hydrogens is 282 g/mol.